The van der Waals surface area contributed by atoms with E-state index >= 15 is 0 Å². The second-order valence-electron chi connectivity index (χ2n) is 7.75. The van der Waals surface area contributed by atoms with E-state index < -0.39 is 5.91 Å². The molecule has 0 spiro atoms. The summed E-state index contributed by atoms with van der Waals surface area (Å²) < 4.78 is 2.07. The molecule has 1 aromatic heterocycles. The fraction of sp³-hybridized carbons (Fsp3) is 0.304. The maximum atomic E-state index is 12.4. The molecule has 3 N–H and O–H groups in total. The van der Waals surface area contributed by atoms with Crippen LogP contribution in [-0.2, 0) is 11.3 Å². The number of nitrogens with zero attached hydrogens (tertiary/aromatic N) is 3. The highest BCUT2D eigenvalue weighted by Crippen LogP contribution is 2.22. The van der Waals surface area contributed by atoms with Crippen LogP contribution < -0.4 is 15.8 Å². The van der Waals surface area contributed by atoms with Gasteiger partial charge in [-0.15, -0.1) is 10.2 Å². The van der Waals surface area contributed by atoms with Gasteiger partial charge in [0.15, 0.2) is 11.0 Å². The predicted octanol–water partition coefficient (Wildman–Crippen LogP) is 2.13. The third-order valence-electron chi connectivity index (χ3n) is 5.10. The van der Waals surface area contributed by atoms with E-state index in [4.69, 9.17) is 11.6 Å². The number of aromatic nitrogens is 3. The third kappa shape index (κ3) is 6.80. The van der Waals surface area contributed by atoms with E-state index in [0.29, 0.717) is 22.3 Å². The molecule has 1 atom stereocenters. The largest absolute Gasteiger partial charge is 0.331 e. The van der Waals surface area contributed by atoms with Gasteiger partial charge in [0, 0.05) is 17.0 Å². The van der Waals surface area contributed by atoms with Gasteiger partial charge in [0.05, 0.1) is 26.4 Å². The standard InChI is InChI=1S/C23H27ClN6O2S/c1-4-19(29(2)3)21-26-28-23(30(21)14-16-8-6-5-7-9-16)33-15-20(31)25-27-22(32)17-10-12-18(24)13-11-17/h5-13,19H,4,14-15H2,1-3H3,(H,25,31)(H,27,32)/p+1/t19-/m0/s1. The number of hydrazine groups is 1. The van der Waals surface area contributed by atoms with E-state index in [1.807, 2.05) is 18.2 Å². The van der Waals surface area contributed by atoms with E-state index in [1.165, 1.54) is 16.7 Å². The van der Waals surface area contributed by atoms with Gasteiger partial charge in [-0.2, -0.15) is 0 Å². The first-order valence-corrected chi connectivity index (χ1v) is 12.0. The summed E-state index contributed by atoms with van der Waals surface area (Å²) in [4.78, 5) is 25.8. The number of hydrogen-bond acceptors (Lipinski definition) is 5. The molecule has 3 aromatic rings. The van der Waals surface area contributed by atoms with E-state index in [-0.39, 0.29) is 17.7 Å². The van der Waals surface area contributed by atoms with Crippen molar-refractivity contribution in [1.82, 2.24) is 25.6 Å². The molecular formula is C23H28ClN6O2S+. The quantitative estimate of drug-likeness (QED) is 0.317. The fourth-order valence-corrected chi connectivity index (χ4v) is 4.27. The van der Waals surface area contributed by atoms with E-state index in [1.54, 1.807) is 24.3 Å². The Morgan fingerprint density at radius 3 is 2.39 bits per heavy atom. The van der Waals surface area contributed by atoms with Crippen molar-refractivity contribution >= 4 is 35.2 Å². The highest BCUT2D eigenvalue weighted by atomic mass is 35.5. The Bertz CT molecular complexity index is 1070. The van der Waals surface area contributed by atoms with Gasteiger partial charge in [-0.1, -0.05) is 60.6 Å². The van der Waals surface area contributed by atoms with Crippen LogP contribution in [0.5, 0.6) is 0 Å². The van der Waals surface area contributed by atoms with Crippen molar-refractivity contribution in [2.45, 2.75) is 31.1 Å². The Balaban J connectivity index is 1.66. The number of halogens is 1. The third-order valence-corrected chi connectivity index (χ3v) is 6.32. The molecule has 1 heterocycles. The zero-order valence-electron chi connectivity index (χ0n) is 18.8. The molecule has 0 bridgehead atoms. The van der Waals surface area contributed by atoms with Crippen LogP contribution in [0.2, 0.25) is 5.02 Å². The van der Waals surface area contributed by atoms with Gasteiger partial charge in [-0.25, -0.2) is 0 Å². The first-order valence-electron chi connectivity index (χ1n) is 10.6. The molecule has 3 rings (SSSR count). The minimum Gasteiger partial charge on any atom is -0.331 e. The van der Waals surface area contributed by atoms with Gasteiger partial charge in [0.1, 0.15) is 6.04 Å². The zero-order valence-corrected chi connectivity index (χ0v) is 20.4. The topological polar surface area (TPSA) is 93.3 Å². The average Bonchev–Trinajstić information content (AvgIpc) is 3.19. The number of carbonyl (C=O) groups is 2. The van der Waals surface area contributed by atoms with Crippen LogP contribution in [0.25, 0.3) is 0 Å². The molecule has 0 aliphatic carbocycles. The minimum absolute atomic E-state index is 0.0828. The summed E-state index contributed by atoms with van der Waals surface area (Å²) in [6.07, 6.45) is 0.914. The van der Waals surface area contributed by atoms with Crippen molar-refractivity contribution < 1.29 is 14.5 Å². The Labute approximate surface area is 202 Å². The van der Waals surface area contributed by atoms with Gasteiger partial charge < -0.3 is 4.90 Å². The predicted molar refractivity (Wildman–Crippen MR) is 129 cm³/mol. The number of carbonyl (C=O) groups excluding carboxylic acids is 2. The number of hydrogen-bond donors (Lipinski definition) is 3. The van der Waals surface area contributed by atoms with E-state index in [2.05, 4.69) is 58.8 Å². The van der Waals surface area contributed by atoms with E-state index in [0.717, 1.165) is 17.8 Å². The molecular weight excluding hydrogens is 460 g/mol. The van der Waals surface area contributed by atoms with Gasteiger partial charge >= 0.3 is 0 Å². The summed E-state index contributed by atoms with van der Waals surface area (Å²) in [7, 11) is 4.19. The number of nitrogens with one attached hydrogen (secondary N) is 3. The fourth-order valence-electron chi connectivity index (χ4n) is 3.39. The molecule has 33 heavy (non-hydrogen) atoms. The number of thioether (sulfide) groups is 1. The molecule has 174 valence electrons. The molecule has 0 aliphatic heterocycles. The Morgan fingerprint density at radius 2 is 1.76 bits per heavy atom. The summed E-state index contributed by atoms with van der Waals surface area (Å²) in [5.74, 6) is 0.211. The molecule has 0 saturated heterocycles. The zero-order chi connectivity index (χ0) is 23.8. The molecule has 0 fully saturated rings. The maximum Gasteiger partial charge on any atom is 0.269 e. The summed E-state index contributed by atoms with van der Waals surface area (Å²) in [5.41, 5.74) is 6.38. The van der Waals surface area contributed by atoms with Crippen LogP contribution in [0.4, 0.5) is 0 Å². The molecule has 0 saturated carbocycles. The highest BCUT2D eigenvalue weighted by Gasteiger charge is 2.25. The lowest BCUT2D eigenvalue weighted by molar-refractivity contribution is -0.893. The second kappa shape index (κ2) is 11.8. The highest BCUT2D eigenvalue weighted by molar-refractivity contribution is 7.99. The van der Waals surface area contributed by atoms with Crippen molar-refractivity contribution in [3.63, 3.8) is 0 Å². The number of quaternary nitrogens is 1. The van der Waals surface area contributed by atoms with Crippen LogP contribution in [0.1, 0.15) is 41.1 Å². The SMILES string of the molecule is CC[C@@H](c1nnc(SCC(=O)NNC(=O)c2ccc(Cl)cc2)n1Cc1ccccc1)[NH+](C)C. The molecule has 0 unspecified atom stereocenters. The summed E-state index contributed by atoms with van der Waals surface area (Å²) in [5, 5.41) is 10.0. The first kappa shape index (κ1) is 24.8. The number of amides is 2. The minimum atomic E-state index is -0.417. The second-order valence-corrected chi connectivity index (χ2v) is 9.13. The summed E-state index contributed by atoms with van der Waals surface area (Å²) in [6.45, 7) is 2.74. The van der Waals surface area contributed by atoms with Crippen LogP contribution in [0.15, 0.2) is 59.8 Å². The van der Waals surface area contributed by atoms with Crippen LogP contribution in [-0.4, -0.2) is 46.4 Å². The van der Waals surface area contributed by atoms with Crippen molar-refractivity contribution in [3.8, 4) is 0 Å². The van der Waals surface area contributed by atoms with Gasteiger partial charge in [-0.05, 0) is 29.8 Å². The van der Waals surface area contributed by atoms with Crippen molar-refractivity contribution in [1.29, 1.82) is 0 Å². The van der Waals surface area contributed by atoms with Crippen LogP contribution in [0, 0.1) is 0 Å². The van der Waals surface area contributed by atoms with Gasteiger partial charge in [-0.3, -0.25) is 25.0 Å². The smallest absolute Gasteiger partial charge is 0.269 e. The summed E-state index contributed by atoms with van der Waals surface area (Å²) >= 11 is 7.12. The first-order chi connectivity index (χ1) is 15.9. The molecule has 2 aromatic carbocycles. The number of rotatable bonds is 9. The molecule has 0 radical (unpaired) electrons. The van der Waals surface area contributed by atoms with Gasteiger partial charge in [0.25, 0.3) is 5.91 Å². The molecule has 8 nitrogen and oxygen atoms in total. The van der Waals surface area contributed by atoms with Crippen LogP contribution in [0.3, 0.4) is 0 Å². The summed E-state index contributed by atoms with van der Waals surface area (Å²) in [6, 6.07) is 16.7. The Kier molecular flexibility index (Phi) is 8.87. The van der Waals surface area contributed by atoms with Gasteiger partial charge in [0.2, 0.25) is 5.91 Å². The Hall–Kier alpha value is -2.88. The lowest BCUT2D eigenvalue weighted by Gasteiger charge is -2.20. The number of benzene rings is 2. The van der Waals surface area contributed by atoms with Crippen molar-refractivity contribution in [2.75, 3.05) is 19.8 Å². The van der Waals surface area contributed by atoms with E-state index in [9.17, 15) is 9.59 Å². The monoisotopic (exact) mass is 487 g/mol. The molecule has 0 aliphatic rings. The Morgan fingerprint density at radius 1 is 1.06 bits per heavy atom. The maximum absolute atomic E-state index is 12.4. The lowest BCUT2D eigenvalue weighted by Crippen LogP contribution is -3.06. The average molecular weight is 488 g/mol. The molecule has 10 heteroatoms. The van der Waals surface area contributed by atoms with Crippen molar-refractivity contribution in [3.05, 3.63) is 76.6 Å². The lowest BCUT2D eigenvalue weighted by atomic mass is 10.2. The normalized spacial score (nSPS) is 11.9. The van der Waals surface area contributed by atoms with Crippen molar-refractivity contribution in [2.24, 2.45) is 0 Å². The van der Waals surface area contributed by atoms with Crippen LogP contribution >= 0.6 is 23.4 Å². The molecule has 2 amide bonds.